The van der Waals surface area contributed by atoms with Crippen LogP contribution in [0, 0.1) is 5.92 Å². The van der Waals surface area contributed by atoms with Crippen LogP contribution >= 0.6 is 0 Å². The Balaban J connectivity index is 2.28. The SMILES string of the molecule is CCOC(CC)C(CCC1CCCCC1)NC. The molecule has 2 atom stereocenters. The van der Waals surface area contributed by atoms with E-state index in [0.717, 1.165) is 18.9 Å². The van der Waals surface area contributed by atoms with Gasteiger partial charge in [-0.05, 0) is 39.2 Å². The van der Waals surface area contributed by atoms with Gasteiger partial charge in [0.1, 0.15) is 0 Å². The molecule has 1 fully saturated rings. The van der Waals surface area contributed by atoms with E-state index in [1.165, 1.54) is 44.9 Å². The quantitative estimate of drug-likeness (QED) is 0.699. The molecule has 102 valence electrons. The summed E-state index contributed by atoms with van der Waals surface area (Å²) in [5.41, 5.74) is 0. The predicted octanol–water partition coefficient (Wildman–Crippen LogP) is 3.75. The van der Waals surface area contributed by atoms with Crippen LogP contribution in [0.25, 0.3) is 0 Å². The van der Waals surface area contributed by atoms with Gasteiger partial charge in [-0.1, -0.05) is 39.0 Å². The first-order chi connectivity index (χ1) is 8.31. The maximum Gasteiger partial charge on any atom is 0.0725 e. The molecule has 0 aromatic carbocycles. The Morgan fingerprint density at radius 2 is 1.88 bits per heavy atom. The molecular weight excluding hydrogens is 210 g/mol. The Kier molecular flexibility index (Phi) is 7.87. The molecule has 0 aromatic rings. The first kappa shape index (κ1) is 15.0. The molecule has 2 heteroatoms. The van der Waals surface area contributed by atoms with E-state index in [1.54, 1.807) is 0 Å². The number of likely N-dealkylation sites (N-methyl/N-ethyl adjacent to an activating group) is 1. The van der Waals surface area contributed by atoms with Crippen LogP contribution in [0.1, 0.15) is 65.2 Å². The molecule has 1 saturated carbocycles. The van der Waals surface area contributed by atoms with Crippen LogP contribution in [-0.2, 0) is 4.74 Å². The molecule has 0 aliphatic heterocycles. The smallest absolute Gasteiger partial charge is 0.0725 e. The molecule has 0 heterocycles. The Morgan fingerprint density at radius 1 is 1.18 bits per heavy atom. The van der Waals surface area contributed by atoms with E-state index in [2.05, 4.69) is 26.2 Å². The zero-order valence-corrected chi connectivity index (χ0v) is 12.0. The molecule has 1 rings (SSSR count). The fourth-order valence-corrected chi connectivity index (χ4v) is 3.14. The van der Waals surface area contributed by atoms with Crippen molar-refractivity contribution in [1.82, 2.24) is 5.32 Å². The molecule has 0 spiro atoms. The van der Waals surface area contributed by atoms with Crippen molar-refractivity contribution in [2.45, 2.75) is 77.4 Å². The van der Waals surface area contributed by atoms with Crippen LogP contribution in [0.15, 0.2) is 0 Å². The number of hydrogen-bond donors (Lipinski definition) is 1. The lowest BCUT2D eigenvalue weighted by Gasteiger charge is -2.28. The Bertz CT molecular complexity index is 178. The van der Waals surface area contributed by atoms with Crippen LogP contribution in [0.4, 0.5) is 0 Å². The molecule has 0 saturated heterocycles. The molecule has 0 amide bonds. The fourth-order valence-electron chi connectivity index (χ4n) is 3.14. The predicted molar refractivity (Wildman–Crippen MR) is 74.4 cm³/mol. The molecule has 2 unspecified atom stereocenters. The molecular formula is C15H31NO. The number of ether oxygens (including phenoxy) is 1. The minimum Gasteiger partial charge on any atom is -0.377 e. The van der Waals surface area contributed by atoms with Crippen molar-refractivity contribution in [3.05, 3.63) is 0 Å². The number of rotatable bonds is 8. The fraction of sp³-hybridized carbons (Fsp3) is 1.00. The molecule has 2 nitrogen and oxygen atoms in total. The van der Waals surface area contributed by atoms with Crippen LogP contribution in [-0.4, -0.2) is 25.8 Å². The molecule has 0 aromatic heterocycles. The third kappa shape index (κ3) is 5.39. The van der Waals surface area contributed by atoms with E-state index in [1.807, 2.05) is 0 Å². The molecule has 1 N–H and O–H groups in total. The first-order valence-electron chi connectivity index (χ1n) is 7.60. The van der Waals surface area contributed by atoms with E-state index in [4.69, 9.17) is 4.74 Å². The normalized spacial score (nSPS) is 21.4. The summed E-state index contributed by atoms with van der Waals surface area (Å²) in [6.45, 7) is 5.15. The Labute approximate surface area is 108 Å². The van der Waals surface area contributed by atoms with Gasteiger partial charge in [0.05, 0.1) is 6.10 Å². The highest BCUT2D eigenvalue weighted by atomic mass is 16.5. The van der Waals surface area contributed by atoms with Gasteiger partial charge in [0.15, 0.2) is 0 Å². The highest BCUT2D eigenvalue weighted by Gasteiger charge is 2.21. The Morgan fingerprint density at radius 3 is 2.41 bits per heavy atom. The Hall–Kier alpha value is -0.0800. The molecule has 1 aliphatic carbocycles. The average molecular weight is 241 g/mol. The van der Waals surface area contributed by atoms with Crippen LogP contribution < -0.4 is 5.32 Å². The van der Waals surface area contributed by atoms with Crippen molar-refractivity contribution in [2.24, 2.45) is 5.92 Å². The standard InChI is InChI=1S/C15H31NO/c1-4-15(17-5-2)14(16-3)12-11-13-9-7-6-8-10-13/h13-16H,4-12H2,1-3H3. The minimum absolute atomic E-state index is 0.397. The van der Waals surface area contributed by atoms with Gasteiger partial charge in [-0.15, -0.1) is 0 Å². The molecule has 1 aliphatic rings. The second kappa shape index (κ2) is 8.93. The summed E-state index contributed by atoms with van der Waals surface area (Å²) in [4.78, 5) is 0. The van der Waals surface area contributed by atoms with Crippen molar-refractivity contribution < 1.29 is 4.74 Å². The lowest BCUT2D eigenvalue weighted by molar-refractivity contribution is 0.0296. The van der Waals surface area contributed by atoms with Gasteiger partial charge in [-0.2, -0.15) is 0 Å². The topological polar surface area (TPSA) is 21.3 Å². The van der Waals surface area contributed by atoms with Crippen molar-refractivity contribution in [3.8, 4) is 0 Å². The van der Waals surface area contributed by atoms with E-state index in [-0.39, 0.29) is 0 Å². The van der Waals surface area contributed by atoms with Crippen LogP contribution in [0.2, 0.25) is 0 Å². The zero-order chi connectivity index (χ0) is 12.5. The summed E-state index contributed by atoms with van der Waals surface area (Å²) >= 11 is 0. The van der Waals surface area contributed by atoms with Gasteiger partial charge in [-0.3, -0.25) is 0 Å². The highest BCUT2D eigenvalue weighted by molar-refractivity contribution is 4.77. The molecule has 17 heavy (non-hydrogen) atoms. The summed E-state index contributed by atoms with van der Waals surface area (Å²) in [6.07, 6.45) is 11.5. The number of hydrogen-bond acceptors (Lipinski definition) is 2. The van der Waals surface area contributed by atoms with Gasteiger partial charge in [0.2, 0.25) is 0 Å². The van der Waals surface area contributed by atoms with Crippen molar-refractivity contribution >= 4 is 0 Å². The first-order valence-corrected chi connectivity index (χ1v) is 7.60. The number of nitrogens with one attached hydrogen (secondary N) is 1. The third-order valence-corrected chi connectivity index (χ3v) is 4.21. The maximum absolute atomic E-state index is 5.82. The second-order valence-electron chi connectivity index (χ2n) is 5.38. The van der Waals surface area contributed by atoms with E-state index in [0.29, 0.717) is 12.1 Å². The summed E-state index contributed by atoms with van der Waals surface area (Å²) in [5, 5.41) is 3.45. The van der Waals surface area contributed by atoms with Gasteiger partial charge < -0.3 is 10.1 Å². The third-order valence-electron chi connectivity index (χ3n) is 4.21. The molecule has 0 radical (unpaired) electrons. The summed E-state index contributed by atoms with van der Waals surface area (Å²) in [5.74, 6) is 0.985. The summed E-state index contributed by atoms with van der Waals surface area (Å²) < 4.78 is 5.82. The van der Waals surface area contributed by atoms with Gasteiger partial charge in [-0.25, -0.2) is 0 Å². The van der Waals surface area contributed by atoms with E-state index >= 15 is 0 Å². The summed E-state index contributed by atoms with van der Waals surface area (Å²) in [6, 6.07) is 0.543. The zero-order valence-electron chi connectivity index (χ0n) is 12.0. The van der Waals surface area contributed by atoms with E-state index < -0.39 is 0 Å². The molecule has 0 bridgehead atoms. The monoisotopic (exact) mass is 241 g/mol. The van der Waals surface area contributed by atoms with Gasteiger partial charge >= 0.3 is 0 Å². The highest BCUT2D eigenvalue weighted by Crippen LogP contribution is 2.28. The van der Waals surface area contributed by atoms with Crippen LogP contribution in [0.3, 0.4) is 0 Å². The van der Waals surface area contributed by atoms with Crippen LogP contribution in [0.5, 0.6) is 0 Å². The van der Waals surface area contributed by atoms with Crippen molar-refractivity contribution in [1.29, 1.82) is 0 Å². The van der Waals surface area contributed by atoms with Crippen molar-refractivity contribution in [2.75, 3.05) is 13.7 Å². The van der Waals surface area contributed by atoms with Gasteiger partial charge in [0, 0.05) is 12.6 Å². The van der Waals surface area contributed by atoms with Crippen molar-refractivity contribution in [3.63, 3.8) is 0 Å². The van der Waals surface area contributed by atoms with Gasteiger partial charge in [0.25, 0.3) is 0 Å². The minimum atomic E-state index is 0.397. The average Bonchev–Trinajstić information content (AvgIpc) is 2.39. The van der Waals surface area contributed by atoms with E-state index in [9.17, 15) is 0 Å². The maximum atomic E-state index is 5.82. The lowest BCUT2D eigenvalue weighted by atomic mass is 9.84. The lowest BCUT2D eigenvalue weighted by Crippen LogP contribution is -2.39. The summed E-state index contributed by atoms with van der Waals surface area (Å²) in [7, 11) is 2.08. The largest absolute Gasteiger partial charge is 0.377 e. The second-order valence-corrected chi connectivity index (χ2v) is 5.38.